The van der Waals surface area contributed by atoms with Crippen molar-refractivity contribution in [2.75, 3.05) is 20.5 Å². The first-order valence-corrected chi connectivity index (χ1v) is 13.4. The molecule has 6 heteroatoms. The number of benzene rings is 1. The Kier molecular flexibility index (Phi) is 12.3. The summed E-state index contributed by atoms with van der Waals surface area (Å²) in [5.41, 5.74) is 2.37. The van der Waals surface area contributed by atoms with E-state index >= 15 is 0 Å². The van der Waals surface area contributed by atoms with Crippen molar-refractivity contribution in [3.63, 3.8) is 0 Å². The van der Waals surface area contributed by atoms with E-state index in [1.54, 1.807) is 7.11 Å². The van der Waals surface area contributed by atoms with E-state index in [-0.39, 0.29) is 25.4 Å². The first-order chi connectivity index (χ1) is 14.7. The molecular formula is C25H42O5Si. The third-order valence-corrected chi connectivity index (χ3v) is 12.1. The molecule has 1 aromatic carbocycles. The second-order valence-corrected chi connectivity index (χ2v) is 14.4. The van der Waals surface area contributed by atoms with Gasteiger partial charge in [0.15, 0.2) is 0 Å². The first kappa shape index (κ1) is 27.6. The molecular weight excluding hydrogens is 408 g/mol. The predicted molar refractivity (Wildman–Crippen MR) is 129 cm³/mol. The van der Waals surface area contributed by atoms with Gasteiger partial charge in [-0.15, -0.1) is 6.58 Å². The van der Waals surface area contributed by atoms with Crippen LogP contribution in [0, 0.1) is 5.92 Å². The van der Waals surface area contributed by atoms with E-state index < -0.39 is 8.32 Å². The summed E-state index contributed by atoms with van der Waals surface area (Å²) in [4.78, 5) is 11.9. The highest BCUT2D eigenvalue weighted by Crippen LogP contribution is 2.44. The van der Waals surface area contributed by atoms with Gasteiger partial charge < -0.3 is 23.4 Å². The normalized spacial score (nSPS) is 14.1. The summed E-state index contributed by atoms with van der Waals surface area (Å²) in [6.07, 6.45) is 3.19. The molecule has 5 nitrogen and oxygen atoms in total. The number of methoxy groups -OCH3 is 1. The van der Waals surface area contributed by atoms with Crippen LogP contribution < -0.4 is 4.74 Å². The second-order valence-electron chi connectivity index (χ2n) is 8.98. The zero-order valence-corrected chi connectivity index (χ0v) is 21.4. The lowest BCUT2D eigenvalue weighted by Crippen LogP contribution is -2.52. The summed E-state index contributed by atoms with van der Waals surface area (Å²) in [5.74, 6) is 0.455. The smallest absolute Gasteiger partial charge is 0.200 e. The Balaban J connectivity index is 2.69. The van der Waals surface area contributed by atoms with E-state index in [9.17, 15) is 4.79 Å². The van der Waals surface area contributed by atoms with Crippen LogP contribution in [0.15, 0.2) is 36.9 Å². The number of hydrogen-bond donors (Lipinski definition) is 0. The fraction of sp³-hybridized carbons (Fsp3) is 0.640. The van der Waals surface area contributed by atoms with Gasteiger partial charge in [0.25, 0.3) is 0 Å². The molecule has 1 rings (SSSR count). The molecule has 0 aliphatic rings. The van der Waals surface area contributed by atoms with E-state index in [1.165, 1.54) is 0 Å². The first-order valence-electron chi connectivity index (χ1n) is 11.2. The van der Waals surface area contributed by atoms with E-state index in [0.717, 1.165) is 17.6 Å². The molecule has 31 heavy (non-hydrogen) atoms. The van der Waals surface area contributed by atoms with Gasteiger partial charge >= 0.3 is 0 Å². The van der Waals surface area contributed by atoms with Crippen LogP contribution in [0.1, 0.15) is 53.5 Å². The van der Waals surface area contributed by atoms with Crippen LogP contribution in [0.4, 0.5) is 0 Å². The van der Waals surface area contributed by atoms with Crippen LogP contribution in [0.25, 0.3) is 0 Å². The summed E-state index contributed by atoms with van der Waals surface area (Å²) < 4.78 is 23.3. The third kappa shape index (κ3) is 7.86. The largest absolute Gasteiger partial charge is 0.497 e. The molecule has 1 aromatic rings. The van der Waals surface area contributed by atoms with Gasteiger partial charge in [-0.1, -0.05) is 59.8 Å². The highest BCUT2D eigenvalue weighted by atomic mass is 28.4. The van der Waals surface area contributed by atoms with Gasteiger partial charge in [-0.25, -0.2) is 0 Å². The maximum absolute atomic E-state index is 11.9. The molecule has 176 valence electrons. The lowest BCUT2D eigenvalue weighted by atomic mass is 10.0. The molecule has 0 saturated carbocycles. The van der Waals surface area contributed by atoms with Crippen molar-refractivity contribution in [1.82, 2.24) is 0 Å². The van der Waals surface area contributed by atoms with Crippen LogP contribution in [-0.2, 0) is 25.3 Å². The van der Waals surface area contributed by atoms with Gasteiger partial charge in [-0.3, -0.25) is 0 Å². The van der Waals surface area contributed by atoms with Gasteiger partial charge in [0.2, 0.25) is 8.32 Å². The Morgan fingerprint density at radius 2 is 1.55 bits per heavy atom. The Morgan fingerprint density at radius 1 is 0.968 bits per heavy atom. The van der Waals surface area contributed by atoms with E-state index in [2.05, 4.69) is 48.1 Å². The average molecular weight is 451 g/mol. The summed E-state index contributed by atoms with van der Waals surface area (Å²) in [7, 11) is -0.476. The van der Waals surface area contributed by atoms with E-state index in [1.807, 2.05) is 30.3 Å². The fourth-order valence-corrected chi connectivity index (χ4v) is 10.1. The standard InChI is InChI=1S/C25H42O5Si/c1-9-10-25(30-31(19(2)3,20(4)5)21(6)7)23(15-26)17-29-18-28-16-22-11-13-24(27-8)14-12-22/h9,11-15,19-21,23,25H,1,10,16-18H2,2-8H3/t23-,25-/m1/s1. The van der Waals surface area contributed by atoms with Crippen molar-refractivity contribution in [3.8, 4) is 5.75 Å². The molecule has 0 fully saturated rings. The Labute approximate surface area is 190 Å². The van der Waals surface area contributed by atoms with Crippen molar-refractivity contribution in [2.24, 2.45) is 5.92 Å². The van der Waals surface area contributed by atoms with Gasteiger partial charge in [0.1, 0.15) is 18.8 Å². The van der Waals surface area contributed by atoms with Crippen LogP contribution in [0.5, 0.6) is 5.75 Å². The SMILES string of the molecule is C=CC[C@@H](O[Si](C(C)C)(C(C)C)C(C)C)[C@H](C=O)COCOCc1ccc(OC)cc1. The molecule has 0 radical (unpaired) electrons. The predicted octanol–water partition coefficient (Wildman–Crippen LogP) is 6.14. The number of aldehydes is 1. The lowest BCUT2D eigenvalue weighted by molar-refractivity contribution is -0.122. The van der Waals surface area contributed by atoms with Gasteiger partial charge in [0, 0.05) is 0 Å². The van der Waals surface area contributed by atoms with E-state index in [0.29, 0.717) is 29.7 Å². The number of rotatable bonds is 16. The molecule has 0 saturated heterocycles. The van der Waals surface area contributed by atoms with Gasteiger partial charge in [0.05, 0.1) is 32.3 Å². The summed E-state index contributed by atoms with van der Waals surface area (Å²) in [5, 5.41) is 0. The van der Waals surface area contributed by atoms with E-state index in [4.69, 9.17) is 18.6 Å². The van der Waals surface area contributed by atoms with Crippen molar-refractivity contribution < 1.29 is 23.4 Å². The number of carbonyl (C=O) groups is 1. The maximum atomic E-state index is 11.9. The summed E-state index contributed by atoms with van der Waals surface area (Å²) >= 11 is 0. The quantitative estimate of drug-likeness (QED) is 0.0995. The highest BCUT2D eigenvalue weighted by Gasteiger charge is 2.47. The van der Waals surface area contributed by atoms with Crippen LogP contribution in [-0.4, -0.2) is 41.2 Å². The fourth-order valence-electron chi connectivity index (χ4n) is 4.50. The molecule has 0 aromatic heterocycles. The van der Waals surface area contributed by atoms with Crippen LogP contribution in [0.3, 0.4) is 0 Å². The molecule has 2 atom stereocenters. The average Bonchev–Trinajstić information content (AvgIpc) is 2.73. The van der Waals surface area contributed by atoms with Crippen molar-refractivity contribution >= 4 is 14.6 Å². The molecule has 0 aliphatic carbocycles. The zero-order valence-electron chi connectivity index (χ0n) is 20.4. The van der Waals surface area contributed by atoms with Crippen molar-refractivity contribution in [3.05, 3.63) is 42.5 Å². The summed E-state index contributed by atoms with van der Waals surface area (Å²) in [6.45, 7) is 18.2. The molecule has 0 heterocycles. The highest BCUT2D eigenvalue weighted by molar-refractivity contribution is 6.77. The van der Waals surface area contributed by atoms with Crippen molar-refractivity contribution in [1.29, 1.82) is 0 Å². The van der Waals surface area contributed by atoms with Crippen LogP contribution in [0.2, 0.25) is 16.6 Å². The van der Waals surface area contributed by atoms with Crippen LogP contribution >= 0.6 is 0 Å². The number of ether oxygens (including phenoxy) is 3. The molecule has 0 unspecified atom stereocenters. The molecule has 0 amide bonds. The Hall–Kier alpha value is -1.47. The molecule has 0 N–H and O–H groups in total. The topological polar surface area (TPSA) is 54.0 Å². The monoisotopic (exact) mass is 450 g/mol. The lowest BCUT2D eigenvalue weighted by Gasteiger charge is -2.45. The minimum atomic E-state index is -2.12. The minimum Gasteiger partial charge on any atom is -0.497 e. The number of carbonyl (C=O) groups excluding carboxylic acids is 1. The summed E-state index contributed by atoms with van der Waals surface area (Å²) in [6, 6.07) is 7.70. The second kappa shape index (κ2) is 13.8. The molecule has 0 bridgehead atoms. The maximum Gasteiger partial charge on any atom is 0.200 e. The minimum absolute atomic E-state index is 0.123. The molecule has 0 aliphatic heterocycles. The Bertz CT molecular complexity index is 620. The zero-order chi connectivity index (χ0) is 23.4. The molecule has 0 spiro atoms. The van der Waals surface area contributed by atoms with Gasteiger partial charge in [-0.05, 0) is 40.7 Å². The van der Waals surface area contributed by atoms with Crippen molar-refractivity contribution in [2.45, 2.75) is 77.3 Å². The van der Waals surface area contributed by atoms with Gasteiger partial charge in [-0.2, -0.15) is 0 Å². The third-order valence-electron chi connectivity index (χ3n) is 6.02. The number of hydrogen-bond acceptors (Lipinski definition) is 5. The Morgan fingerprint density at radius 3 is 2.00 bits per heavy atom.